The smallest absolute Gasteiger partial charge is 0.460 e. The normalized spacial score (nSPS) is 17.2. The monoisotopic (exact) mass is 662 g/mol. The zero-order valence-electron chi connectivity index (χ0n) is 21.3. The predicted octanol–water partition coefficient (Wildman–Crippen LogP) is 7.98. The first-order valence-electron chi connectivity index (χ1n) is 11.3. The van der Waals surface area contributed by atoms with E-state index >= 15 is 0 Å². The highest BCUT2D eigenvalue weighted by Crippen LogP contribution is 2.51. The molecule has 0 saturated heterocycles. The van der Waals surface area contributed by atoms with Gasteiger partial charge in [-0.15, -0.1) is 0 Å². The van der Waals surface area contributed by atoms with E-state index in [-0.39, 0.29) is 19.6 Å². The van der Waals surface area contributed by atoms with E-state index in [0.29, 0.717) is 6.29 Å². The molecule has 43 heavy (non-hydrogen) atoms. The second-order valence-electron chi connectivity index (χ2n) is 7.63. The highest BCUT2D eigenvalue weighted by Gasteiger charge is 2.75. The van der Waals surface area contributed by atoms with E-state index in [0.717, 1.165) is 6.26 Å². The number of aldehydes is 1. The van der Waals surface area contributed by atoms with E-state index < -0.39 is 104 Å². The standard InChI is InChI=1S/C23H21F15O5/c1-2-40-10-12(42-7-3-5-39)11-41-6-4-8-43-21(33,22(34,35)23(36,37)38)20(32)19(31)18(30)17(29)16(28)15(27)14(26)13(25)9-24/h2,5,12H,1,3-4,6-11H2/b14-13+,16-15+,18-17+,20-19+. The fraction of sp³-hybridized carbons (Fsp3) is 0.522. The van der Waals surface area contributed by atoms with Gasteiger partial charge < -0.3 is 23.7 Å². The Morgan fingerprint density at radius 3 is 1.77 bits per heavy atom. The zero-order valence-corrected chi connectivity index (χ0v) is 21.3. The van der Waals surface area contributed by atoms with E-state index in [9.17, 15) is 70.7 Å². The third-order valence-corrected chi connectivity index (χ3v) is 4.58. The molecule has 0 N–H and O–H groups in total. The van der Waals surface area contributed by atoms with Crippen LogP contribution in [0.4, 0.5) is 65.9 Å². The second kappa shape index (κ2) is 18.0. The minimum atomic E-state index is -7.10. The van der Waals surface area contributed by atoms with Crippen LogP contribution >= 0.6 is 0 Å². The fourth-order valence-electron chi connectivity index (χ4n) is 2.47. The number of hydrogen-bond donors (Lipinski definition) is 0. The van der Waals surface area contributed by atoms with Crippen molar-refractivity contribution in [2.24, 2.45) is 0 Å². The van der Waals surface area contributed by atoms with Crippen molar-refractivity contribution >= 4 is 6.29 Å². The molecular formula is C23H21F15O5. The number of ether oxygens (including phenoxy) is 4. The maximum Gasteiger partial charge on any atom is 0.460 e. The molecule has 0 heterocycles. The van der Waals surface area contributed by atoms with Gasteiger partial charge in [0.25, 0.3) is 0 Å². The van der Waals surface area contributed by atoms with Gasteiger partial charge in [0.2, 0.25) is 23.3 Å². The van der Waals surface area contributed by atoms with Crippen molar-refractivity contribution in [1.29, 1.82) is 0 Å². The summed E-state index contributed by atoms with van der Waals surface area (Å²) < 4.78 is 220. The summed E-state index contributed by atoms with van der Waals surface area (Å²) in [5.74, 6) is -42.0. The first-order chi connectivity index (χ1) is 19.8. The van der Waals surface area contributed by atoms with Crippen LogP contribution in [-0.4, -0.2) is 70.1 Å². The zero-order chi connectivity index (χ0) is 33.6. The minimum Gasteiger partial charge on any atom is -0.499 e. The van der Waals surface area contributed by atoms with E-state index in [1.54, 1.807) is 0 Å². The Bertz CT molecular complexity index is 1070. The second-order valence-corrected chi connectivity index (χ2v) is 7.63. The van der Waals surface area contributed by atoms with Crippen LogP contribution in [-0.2, 0) is 23.7 Å². The lowest BCUT2D eigenvalue weighted by atomic mass is 10.1. The van der Waals surface area contributed by atoms with E-state index in [2.05, 4.69) is 11.3 Å². The summed E-state index contributed by atoms with van der Waals surface area (Å²) in [5, 5.41) is 0. The molecule has 0 bridgehead atoms. The summed E-state index contributed by atoms with van der Waals surface area (Å²) >= 11 is 0. The number of halogens is 15. The fourth-order valence-corrected chi connectivity index (χ4v) is 2.47. The lowest BCUT2D eigenvalue weighted by Crippen LogP contribution is -2.56. The van der Waals surface area contributed by atoms with Crippen LogP contribution in [0, 0.1) is 0 Å². The Hall–Kier alpha value is -3.00. The lowest BCUT2D eigenvalue weighted by Gasteiger charge is -2.33. The summed E-state index contributed by atoms with van der Waals surface area (Å²) in [4.78, 5) is 10.3. The molecule has 0 aromatic carbocycles. The van der Waals surface area contributed by atoms with Crippen LogP contribution in [0.15, 0.2) is 59.5 Å². The molecule has 2 atom stereocenters. The SMILES string of the molecule is C=COCC(COCCCOC(F)(/C(F)=C(F)/C(F)=C(F)/C(F)=C(F)/C(F)=C(\F)CF)C(F)(F)C(F)(F)F)OCCC=O. The number of allylic oxidation sites excluding steroid dienone is 7. The summed E-state index contributed by atoms with van der Waals surface area (Å²) in [6.45, 7) is -2.31. The average Bonchev–Trinajstić information content (AvgIpc) is 2.97. The van der Waals surface area contributed by atoms with E-state index in [1.165, 1.54) is 0 Å². The summed E-state index contributed by atoms with van der Waals surface area (Å²) in [5.41, 5.74) is 0. The number of rotatable bonds is 20. The summed E-state index contributed by atoms with van der Waals surface area (Å²) in [7, 11) is 0. The molecule has 0 amide bonds. The number of carbonyl (C=O) groups excluding carboxylic acids is 1. The van der Waals surface area contributed by atoms with Gasteiger partial charge in [-0.2, -0.15) is 26.3 Å². The molecule has 20 heteroatoms. The van der Waals surface area contributed by atoms with Crippen molar-refractivity contribution in [2.45, 2.75) is 36.9 Å². The van der Waals surface area contributed by atoms with Crippen LogP contribution in [0.5, 0.6) is 0 Å². The van der Waals surface area contributed by atoms with Crippen molar-refractivity contribution in [3.8, 4) is 0 Å². The quantitative estimate of drug-likeness (QED) is 0.0435. The van der Waals surface area contributed by atoms with Crippen molar-refractivity contribution in [1.82, 2.24) is 0 Å². The highest BCUT2D eigenvalue weighted by atomic mass is 19.4. The van der Waals surface area contributed by atoms with Gasteiger partial charge >= 0.3 is 18.0 Å². The van der Waals surface area contributed by atoms with Gasteiger partial charge in [0.15, 0.2) is 23.3 Å². The topological polar surface area (TPSA) is 54.0 Å². The summed E-state index contributed by atoms with van der Waals surface area (Å²) in [6.07, 6.45) is -7.43. The summed E-state index contributed by atoms with van der Waals surface area (Å²) in [6, 6.07) is 0. The van der Waals surface area contributed by atoms with Crippen LogP contribution < -0.4 is 0 Å². The van der Waals surface area contributed by atoms with Gasteiger partial charge in [-0.3, -0.25) is 0 Å². The Kier molecular flexibility index (Phi) is 16.7. The van der Waals surface area contributed by atoms with Crippen LogP contribution in [0.2, 0.25) is 0 Å². The predicted molar refractivity (Wildman–Crippen MR) is 116 cm³/mol. The molecule has 0 radical (unpaired) electrons. The third kappa shape index (κ3) is 10.9. The van der Waals surface area contributed by atoms with Crippen molar-refractivity contribution < 1.29 is 89.6 Å². The Labute approximate surface area is 232 Å². The van der Waals surface area contributed by atoms with Gasteiger partial charge in [0.1, 0.15) is 25.7 Å². The van der Waals surface area contributed by atoms with Crippen LogP contribution in [0.25, 0.3) is 0 Å². The molecule has 0 aliphatic heterocycles. The van der Waals surface area contributed by atoms with Crippen LogP contribution in [0.3, 0.4) is 0 Å². The van der Waals surface area contributed by atoms with Gasteiger partial charge in [-0.25, -0.2) is 39.5 Å². The molecule has 0 aliphatic rings. The molecule has 0 saturated carbocycles. The molecule has 0 fully saturated rings. The van der Waals surface area contributed by atoms with Crippen molar-refractivity contribution in [2.75, 3.05) is 39.7 Å². The highest BCUT2D eigenvalue weighted by molar-refractivity contribution is 5.49. The molecule has 0 aromatic heterocycles. The number of carbonyl (C=O) groups is 1. The van der Waals surface area contributed by atoms with Crippen molar-refractivity contribution in [3.05, 3.63) is 59.5 Å². The minimum absolute atomic E-state index is 0.0523. The van der Waals surface area contributed by atoms with E-state index in [1.807, 2.05) is 0 Å². The largest absolute Gasteiger partial charge is 0.499 e. The van der Waals surface area contributed by atoms with Crippen LogP contribution in [0.1, 0.15) is 12.8 Å². The molecule has 248 valence electrons. The number of hydrogen-bond acceptors (Lipinski definition) is 5. The maximum atomic E-state index is 14.8. The molecule has 0 aliphatic carbocycles. The molecule has 2 unspecified atom stereocenters. The first kappa shape index (κ1) is 40.0. The molecular weight excluding hydrogens is 641 g/mol. The Balaban J connectivity index is 6.10. The van der Waals surface area contributed by atoms with Crippen molar-refractivity contribution in [3.63, 3.8) is 0 Å². The molecule has 0 rings (SSSR count). The van der Waals surface area contributed by atoms with E-state index in [4.69, 9.17) is 14.2 Å². The van der Waals surface area contributed by atoms with Gasteiger partial charge in [0.05, 0.1) is 26.1 Å². The first-order valence-corrected chi connectivity index (χ1v) is 11.3. The Morgan fingerprint density at radius 2 is 1.28 bits per heavy atom. The molecule has 5 nitrogen and oxygen atoms in total. The third-order valence-electron chi connectivity index (χ3n) is 4.58. The molecule has 0 aromatic rings. The average molecular weight is 662 g/mol. The number of alkyl halides is 7. The molecule has 0 spiro atoms. The van der Waals surface area contributed by atoms with Gasteiger partial charge in [0, 0.05) is 13.0 Å². The maximum absolute atomic E-state index is 14.8. The lowest BCUT2D eigenvalue weighted by molar-refractivity contribution is -0.375. The Morgan fingerprint density at radius 1 is 0.744 bits per heavy atom. The van der Waals surface area contributed by atoms with Gasteiger partial charge in [-0.05, 0) is 6.42 Å². The van der Waals surface area contributed by atoms with Gasteiger partial charge in [-0.1, -0.05) is 6.58 Å².